The van der Waals surface area contributed by atoms with Crippen LogP contribution in [0.5, 0.6) is 0 Å². The maximum Gasteiger partial charge on any atom is 0.258 e. The highest BCUT2D eigenvalue weighted by atomic mass is 16.1. The van der Waals surface area contributed by atoms with E-state index in [0.29, 0.717) is 29.0 Å². The fourth-order valence-corrected chi connectivity index (χ4v) is 4.36. The summed E-state index contributed by atoms with van der Waals surface area (Å²) in [5, 5.41) is 2.99. The van der Waals surface area contributed by atoms with Crippen LogP contribution in [0.15, 0.2) is 41.2 Å². The van der Waals surface area contributed by atoms with Gasteiger partial charge in [-0.3, -0.25) is 9.59 Å². The average molecular weight is 443 g/mol. The summed E-state index contributed by atoms with van der Waals surface area (Å²) >= 11 is 0. The molecule has 5 rings (SSSR count). The first-order chi connectivity index (χ1) is 16.0. The molecule has 0 saturated carbocycles. The molecule has 0 bridgehead atoms. The Balaban J connectivity index is 1.49. The molecule has 1 amide bonds. The van der Waals surface area contributed by atoms with Crippen molar-refractivity contribution in [3.8, 4) is 11.4 Å². The van der Waals surface area contributed by atoms with Crippen molar-refractivity contribution in [2.24, 2.45) is 0 Å². The summed E-state index contributed by atoms with van der Waals surface area (Å²) in [5.41, 5.74) is 4.60. The number of fused-ring (bicyclic) bond motifs is 3. The van der Waals surface area contributed by atoms with Crippen molar-refractivity contribution in [1.29, 1.82) is 0 Å². The number of anilines is 1. The molecule has 168 valence electrons. The van der Waals surface area contributed by atoms with Crippen molar-refractivity contribution in [2.75, 3.05) is 5.32 Å². The van der Waals surface area contributed by atoms with Gasteiger partial charge in [0.2, 0.25) is 0 Å². The topological polar surface area (TPSA) is 106 Å². The molecule has 3 aromatic heterocycles. The Hall–Kier alpha value is -3.81. The molecule has 4 heterocycles. The molecule has 4 aromatic rings. The second kappa shape index (κ2) is 8.61. The van der Waals surface area contributed by atoms with Crippen LogP contribution in [0.3, 0.4) is 0 Å². The number of amides is 1. The van der Waals surface area contributed by atoms with E-state index in [2.05, 4.69) is 19.9 Å². The smallest absolute Gasteiger partial charge is 0.258 e. The van der Waals surface area contributed by atoms with Crippen LogP contribution in [0.2, 0.25) is 0 Å². The zero-order valence-corrected chi connectivity index (χ0v) is 18.8. The van der Waals surface area contributed by atoms with Crippen LogP contribution in [0, 0.1) is 6.92 Å². The van der Waals surface area contributed by atoms with Crippen LogP contribution < -0.4 is 10.9 Å². The van der Waals surface area contributed by atoms with E-state index >= 15 is 0 Å². The third-order valence-electron chi connectivity index (χ3n) is 5.99. The molecule has 1 aromatic carbocycles. The van der Waals surface area contributed by atoms with Crippen molar-refractivity contribution >= 4 is 22.8 Å². The molecule has 0 unspecified atom stereocenters. The fraction of sp³-hybridized carbons (Fsp3) is 0.320. The molecule has 0 atom stereocenters. The molecule has 8 heteroatoms. The highest BCUT2D eigenvalue weighted by Gasteiger charge is 2.21. The number of nitrogens with zero attached hydrogens (tertiary/aromatic N) is 4. The van der Waals surface area contributed by atoms with E-state index in [-0.39, 0.29) is 11.5 Å². The summed E-state index contributed by atoms with van der Waals surface area (Å²) in [6.07, 6.45) is 4.95. The van der Waals surface area contributed by atoms with Gasteiger partial charge < -0.3 is 14.9 Å². The molecule has 0 aliphatic carbocycles. The molecule has 8 nitrogen and oxygen atoms in total. The van der Waals surface area contributed by atoms with Crippen LogP contribution in [-0.2, 0) is 19.4 Å². The highest BCUT2D eigenvalue weighted by molar-refractivity contribution is 6.11. The maximum atomic E-state index is 13.3. The Morgan fingerprint density at radius 3 is 2.85 bits per heavy atom. The summed E-state index contributed by atoms with van der Waals surface area (Å²) in [5.74, 6) is 1.25. The number of aryl methyl sites for hydroxylation is 4. The summed E-state index contributed by atoms with van der Waals surface area (Å²) in [4.78, 5) is 42.1. The van der Waals surface area contributed by atoms with Crippen molar-refractivity contribution in [2.45, 2.75) is 52.5 Å². The van der Waals surface area contributed by atoms with Gasteiger partial charge in [0.15, 0.2) is 5.65 Å². The molecule has 1 aliphatic rings. The van der Waals surface area contributed by atoms with Crippen LogP contribution in [0.25, 0.3) is 22.6 Å². The lowest BCUT2D eigenvalue weighted by Crippen LogP contribution is -2.14. The standard InChI is InChI=1S/C25H26N6O2/c1-3-17-14-21(32)30-23(27-17)16-8-7-9-18(13-16)28-25(33)19-12-15(2)26-24-22(19)29-20-10-5-4-6-11-31(20)24/h7-9,12-14H,3-6,10-11H2,1-2H3,(H,28,33)(H,27,30,32). The minimum absolute atomic E-state index is 0.194. The van der Waals surface area contributed by atoms with Crippen molar-refractivity contribution < 1.29 is 4.79 Å². The molecular weight excluding hydrogens is 416 g/mol. The van der Waals surface area contributed by atoms with Gasteiger partial charge in [0, 0.05) is 41.7 Å². The normalized spacial score (nSPS) is 13.5. The summed E-state index contributed by atoms with van der Waals surface area (Å²) in [6, 6.07) is 10.6. The predicted octanol–water partition coefficient (Wildman–Crippen LogP) is 4.03. The lowest BCUT2D eigenvalue weighted by atomic mass is 10.1. The Kier molecular flexibility index (Phi) is 5.50. The molecule has 0 radical (unpaired) electrons. The van der Waals surface area contributed by atoms with E-state index in [1.807, 2.05) is 38.1 Å². The van der Waals surface area contributed by atoms with Gasteiger partial charge in [-0.15, -0.1) is 0 Å². The quantitative estimate of drug-likeness (QED) is 0.496. The van der Waals surface area contributed by atoms with Crippen LogP contribution in [0.1, 0.15) is 53.8 Å². The van der Waals surface area contributed by atoms with Crippen LogP contribution in [-0.4, -0.2) is 30.4 Å². The van der Waals surface area contributed by atoms with Crippen LogP contribution in [0.4, 0.5) is 5.69 Å². The summed E-state index contributed by atoms with van der Waals surface area (Å²) in [6.45, 7) is 4.73. The van der Waals surface area contributed by atoms with Gasteiger partial charge in [0.1, 0.15) is 17.2 Å². The highest BCUT2D eigenvalue weighted by Crippen LogP contribution is 2.25. The first-order valence-corrected chi connectivity index (χ1v) is 11.4. The molecule has 0 saturated heterocycles. The Labute approximate surface area is 191 Å². The Bertz CT molecular complexity index is 1420. The number of aromatic nitrogens is 5. The number of aromatic amines is 1. The first-order valence-electron chi connectivity index (χ1n) is 11.4. The number of hydrogen-bond acceptors (Lipinski definition) is 5. The number of nitrogens with one attached hydrogen (secondary N) is 2. The summed E-state index contributed by atoms with van der Waals surface area (Å²) in [7, 11) is 0. The Morgan fingerprint density at radius 1 is 1.12 bits per heavy atom. The molecule has 33 heavy (non-hydrogen) atoms. The van der Waals surface area contributed by atoms with Gasteiger partial charge in [-0.2, -0.15) is 0 Å². The zero-order chi connectivity index (χ0) is 22.9. The SMILES string of the molecule is CCc1cc(=O)[nH]c(-c2cccc(NC(=O)c3cc(C)nc4c3nc3n4CCCCC3)c2)n1. The second-order valence-corrected chi connectivity index (χ2v) is 8.45. The molecule has 1 aliphatic heterocycles. The predicted molar refractivity (Wildman–Crippen MR) is 127 cm³/mol. The molecule has 0 fully saturated rings. The number of pyridine rings is 1. The van der Waals surface area contributed by atoms with Crippen molar-refractivity contribution in [3.63, 3.8) is 0 Å². The van der Waals surface area contributed by atoms with Crippen molar-refractivity contribution in [3.05, 3.63) is 69.5 Å². The van der Waals surface area contributed by atoms with Gasteiger partial charge in [-0.05, 0) is 44.4 Å². The third kappa shape index (κ3) is 4.16. The van der Waals surface area contributed by atoms with E-state index in [4.69, 9.17) is 9.97 Å². The number of benzene rings is 1. The third-order valence-corrected chi connectivity index (χ3v) is 5.99. The molecule has 2 N–H and O–H groups in total. The van der Waals surface area contributed by atoms with Crippen molar-refractivity contribution in [1.82, 2.24) is 24.5 Å². The van der Waals surface area contributed by atoms with Gasteiger partial charge in [0.25, 0.3) is 11.5 Å². The number of carbonyl (C=O) groups excluding carboxylic acids is 1. The number of hydrogen-bond donors (Lipinski definition) is 2. The number of H-pyrrole nitrogens is 1. The van der Waals surface area contributed by atoms with E-state index in [0.717, 1.165) is 54.2 Å². The lowest BCUT2D eigenvalue weighted by Gasteiger charge is -2.09. The minimum atomic E-state index is -0.236. The van der Waals surface area contributed by atoms with E-state index < -0.39 is 0 Å². The van der Waals surface area contributed by atoms with E-state index in [1.54, 1.807) is 6.07 Å². The van der Waals surface area contributed by atoms with E-state index in [1.165, 1.54) is 12.5 Å². The lowest BCUT2D eigenvalue weighted by molar-refractivity contribution is 0.102. The van der Waals surface area contributed by atoms with Crippen LogP contribution >= 0.6 is 0 Å². The largest absolute Gasteiger partial charge is 0.322 e. The van der Waals surface area contributed by atoms with Gasteiger partial charge in [-0.25, -0.2) is 15.0 Å². The number of imidazole rings is 1. The second-order valence-electron chi connectivity index (χ2n) is 8.45. The van der Waals surface area contributed by atoms with Gasteiger partial charge >= 0.3 is 0 Å². The number of carbonyl (C=O) groups is 1. The zero-order valence-electron chi connectivity index (χ0n) is 18.8. The monoisotopic (exact) mass is 442 g/mol. The Morgan fingerprint density at radius 2 is 2.00 bits per heavy atom. The maximum absolute atomic E-state index is 13.3. The summed E-state index contributed by atoms with van der Waals surface area (Å²) < 4.78 is 2.16. The van der Waals surface area contributed by atoms with E-state index in [9.17, 15) is 9.59 Å². The fourth-order valence-electron chi connectivity index (χ4n) is 4.36. The average Bonchev–Trinajstić information content (AvgIpc) is 2.98. The molecular formula is C25H26N6O2. The molecule has 0 spiro atoms. The van der Waals surface area contributed by atoms with Gasteiger partial charge in [-0.1, -0.05) is 25.5 Å². The first kappa shape index (κ1) is 21.1. The number of rotatable bonds is 4. The minimum Gasteiger partial charge on any atom is -0.322 e. The van der Waals surface area contributed by atoms with Gasteiger partial charge in [0.05, 0.1) is 5.56 Å².